The molecule has 2 aromatic rings. The molecule has 150 valence electrons. The number of benzene rings is 1. The summed E-state index contributed by atoms with van der Waals surface area (Å²) in [6.45, 7) is 3.68. The van der Waals surface area contributed by atoms with E-state index in [0.29, 0.717) is 11.4 Å². The van der Waals surface area contributed by atoms with Gasteiger partial charge in [0.15, 0.2) is 0 Å². The van der Waals surface area contributed by atoms with E-state index in [-0.39, 0.29) is 30.8 Å². The molecule has 0 spiro atoms. The fourth-order valence-electron chi connectivity index (χ4n) is 3.36. The highest BCUT2D eigenvalue weighted by atomic mass is 32.2. The van der Waals surface area contributed by atoms with Crippen LogP contribution in [0.3, 0.4) is 0 Å². The summed E-state index contributed by atoms with van der Waals surface area (Å²) >= 11 is 0. The Morgan fingerprint density at radius 2 is 1.96 bits per heavy atom. The molecule has 1 N–H and O–H groups in total. The van der Waals surface area contributed by atoms with E-state index in [9.17, 15) is 23.1 Å². The number of sulfone groups is 1. The third kappa shape index (κ3) is 4.01. The molecule has 1 atom stereocenters. The van der Waals surface area contributed by atoms with E-state index in [1.54, 1.807) is 42.4 Å². The molecule has 3 rings (SSSR count). The molecule has 0 saturated carbocycles. The van der Waals surface area contributed by atoms with E-state index >= 15 is 0 Å². The Kier molecular flexibility index (Phi) is 5.16. The Bertz CT molecular complexity index is 1030. The van der Waals surface area contributed by atoms with E-state index in [2.05, 4.69) is 5.10 Å². The highest BCUT2D eigenvalue weighted by Gasteiger charge is 2.33. The van der Waals surface area contributed by atoms with Crippen LogP contribution in [0.15, 0.2) is 30.6 Å². The van der Waals surface area contributed by atoms with Crippen molar-refractivity contribution in [3.8, 4) is 11.1 Å². The third-order valence-electron chi connectivity index (χ3n) is 4.64. The molecule has 0 bridgehead atoms. The first-order valence-corrected chi connectivity index (χ1v) is 10.8. The van der Waals surface area contributed by atoms with Gasteiger partial charge in [-0.1, -0.05) is 6.07 Å². The Morgan fingerprint density at radius 1 is 1.25 bits per heavy atom. The van der Waals surface area contributed by atoms with Gasteiger partial charge >= 0.3 is 6.09 Å². The van der Waals surface area contributed by atoms with Gasteiger partial charge in [0.05, 0.1) is 35.9 Å². The lowest BCUT2D eigenvalue weighted by atomic mass is 10.0. The van der Waals surface area contributed by atoms with Crippen LogP contribution in [0.5, 0.6) is 0 Å². The molecule has 1 aromatic carbocycles. The van der Waals surface area contributed by atoms with Crippen molar-refractivity contribution in [2.45, 2.75) is 26.4 Å². The van der Waals surface area contributed by atoms with Gasteiger partial charge in [-0.2, -0.15) is 5.10 Å². The molecule has 1 aliphatic heterocycles. The molecule has 1 unspecified atom stereocenters. The van der Waals surface area contributed by atoms with Crippen molar-refractivity contribution in [1.82, 2.24) is 9.78 Å². The van der Waals surface area contributed by atoms with Gasteiger partial charge in [-0.25, -0.2) is 13.2 Å². The minimum Gasteiger partial charge on any atom is -0.465 e. The summed E-state index contributed by atoms with van der Waals surface area (Å²) in [5, 5.41) is 13.8. The van der Waals surface area contributed by atoms with Crippen molar-refractivity contribution in [2.75, 3.05) is 28.4 Å². The second kappa shape index (κ2) is 7.27. The van der Waals surface area contributed by atoms with Crippen LogP contribution >= 0.6 is 0 Å². The molecule has 10 heteroatoms. The largest absolute Gasteiger partial charge is 0.465 e. The predicted octanol–water partition coefficient (Wildman–Crippen LogP) is 1.83. The number of carbonyl (C=O) groups is 2. The topological polar surface area (TPSA) is 113 Å². The van der Waals surface area contributed by atoms with E-state index in [0.717, 1.165) is 11.1 Å². The zero-order chi connectivity index (χ0) is 20.6. The van der Waals surface area contributed by atoms with Crippen molar-refractivity contribution in [3.05, 3.63) is 30.6 Å². The first-order chi connectivity index (χ1) is 13.1. The number of aryl methyl sites for hydroxylation is 1. The second-order valence-electron chi connectivity index (χ2n) is 6.96. The maximum Gasteiger partial charge on any atom is 0.411 e. The summed E-state index contributed by atoms with van der Waals surface area (Å²) in [6, 6.07) is 4.96. The van der Waals surface area contributed by atoms with Crippen LogP contribution in [-0.4, -0.2) is 59.9 Å². The normalized spacial score (nSPS) is 16.8. The number of hydrogen-bond acceptors (Lipinski definition) is 5. The standard InChI is InChI=1S/C18H22N4O5S/c1-12-10-21(18(24)25)17-8-14(4-5-16(17)22(12)13(2)23)15-9-19-20(11-15)6-7-28(3,26)27/h4-5,8-9,11-12H,6-7,10H2,1-3H3,(H,24,25). The van der Waals surface area contributed by atoms with Gasteiger partial charge in [-0.05, 0) is 24.6 Å². The zero-order valence-electron chi connectivity index (χ0n) is 15.9. The minimum absolute atomic E-state index is 0.0173. The van der Waals surface area contributed by atoms with Crippen molar-refractivity contribution in [1.29, 1.82) is 0 Å². The minimum atomic E-state index is -3.10. The maximum atomic E-state index is 12.1. The molecular weight excluding hydrogens is 384 g/mol. The molecule has 0 saturated heterocycles. The van der Waals surface area contributed by atoms with E-state index in [1.807, 2.05) is 0 Å². The molecular formula is C18H22N4O5S. The smallest absolute Gasteiger partial charge is 0.411 e. The molecule has 2 amide bonds. The lowest BCUT2D eigenvalue weighted by Crippen LogP contribution is -2.51. The van der Waals surface area contributed by atoms with E-state index in [4.69, 9.17) is 0 Å². The molecule has 9 nitrogen and oxygen atoms in total. The van der Waals surface area contributed by atoms with E-state index in [1.165, 1.54) is 22.8 Å². The van der Waals surface area contributed by atoms with Gasteiger partial charge in [0.1, 0.15) is 9.84 Å². The predicted molar refractivity (Wildman–Crippen MR) is 105 cm³/mol. The van der Waals surface area contributed by atoms with Gasteiger partial charge in [-0.3, -0.25) is 14.4 Å². The van der Waals surface area contributed by atoms with Crippen LogP contribution in [0.2, 0.25) is 0 Å². The van der Waals surface area contributed by atoms with Crippen molar-refractivity contribution in [2.24, 2.45) is 0 Å². The second-order valence-corrected chi connectivity index (χ2v) is 9.22. The summed E-state index contributed by atoms with van der Waals surface area (Å²) in [5.41, 5.74) is 2.44. The van der Waals surface area contributed by atoms with Gasteiger partial charge < -0.3 is 10.0 Å². The highest BCUT2D eigenvalue weighted by molar-refractivity contribution is 7.90. The first-order valence-electron chi connectivity index (χ1n) is 8.71. The molecule has 28 heavy (non-hydrogen) atoms. The third-order valence-corrected chi connectivity index (χ3v) is 5.57. The average molecular weight is 406 g/mol. The van der Waals surface area contributed by atoms with Gasteiger partial charge in [0, 0.05) is 31.5 Å². The SMILES string of the molecule is CC(=O)N1c2ccc(-c3cnn(CCS(C)(=O)=O)c3)cc2N(C(=O)O)CC1C. The quantitative estimate of drug-likeness (QED) is 0.829. The number of hydrogen-bond donors (Lipinski definition) is 1. The summed E-state index contributed by atoms with van der Waals surface area (Å²) in [5.74, 6) is -0.170. The summed E-state index contributed by atoms with van der Waals surface area (Å²) in [4.78, 5) is 26.6. The first kappa shape index (κ1) is 19.9. The maximum absolute atomic E-state index is 12.1. The number of nitrogens with zero attached hydrogens (tertiary/aromatic N) is 4. The molecule has 1 aliphatic rings. The summed E-state index contributed by atoms with van der Waals surface area (Å²) in [6.07, 6.45) is 3.40. The fourth-order valence-corrected chi connectivity index (χ4v) is 3.88. The van der Waals surface area contributed by atoms with Crippen LogP contribution in [0.4, 0.5) is 16.2 Å². The van der Waals surface area contributed by atoms with Gasteiger partial charge in [-0.15, -0.1) is 0 Å². The number of fused-ring (bicyclic) bond motifs is 1. The molecule has 2 heterocycles. The number of amides is 2. The van der Waals surface area contributed by atoms with Crippen LogP contribution in [0, 0.1) is 0 Å². The molecule has 0 aliphatic carbocycles. The Labute approximate surface area is 163 Å². The Hall–Kier alpha value is -2.88. The lowest BCUT2D eigenvalue weighted by molar-refractivity contribution is -0.117. The van der Waals surface area contributed by atoms with Crippen molar-refractivity contribution < 1.29 is 23.1 Å². The number of carbonyl (C=O) groups excluding carboxylic acids is 1. The van der Waals surface area contributed by atoms with Crippen molar-refractivity contribution in [3.63, 3.8) is 0 Å². The van der Waals surface area contributed by atoms with Gasteiger partial charge in [0.2, 0.25) is 5.91 Å². The number of rotatable bonds is 4. The van der Waals surface area contributed by atoms with Crippen molar-refractivity contribution >= 4 is 33.2 Å². The van der Waals surface area contributed by atoms with Crippen LogP contribution in [0.25, 0.3) is 11.1 Å². The van der Waals surface area contributed by atoms with Gasteiger partial charge in [0.25, 0.3) is 0 Å². The summed E-state index contributed by atoms with van der Waals surface area (Å²) < 4.78 is 24.2. The number of anilines is 2. The molecule has 0 fully saturated rings. The zero-order valence-corrected chi connectivity index (χ0v) is 16.7. The average Bonchev–Trinajstić information content (AvgIpc) is 3.06. The number of carboxylic acid groups (broad SMARTS) is 1. The molecule has 0 radical (unpaired) electrons. The monoisotopic (exact) mass is 406 g/mol. The number of aromatic nitrogens is 2. The van der Waals surface area contributed by atoms with Crippen LogP contribution in [0.1, 0.15) is 13.8 Å². The molecule has 1 aromatic heterocycles. The van der Waals surface area contributed by atoms with Crippen LogP contribution < -0.4 is 9.80 Å². The highest BCUT2D eigenvalue weighted by Crippen LogP contribution is 2.38. The fraction of sp³-hybridized carbons (Fsp3) is 0.389. The Morgan fingerprint density at radius 3 is 2.57 bits per heavy atom. The van der Waals surface area contributed by atoms with E-state index < -0.39 is 15.9 Å². The van der Waals surface area contributed by atoms with Crippen LogP contribution in [-0.2, 0) is 21.2 Å². The summed E-state index contributed by atoms with van der Waals surface area (Å²) in [7, 11) is -3.10. The lowest BCUT2D eigenvalue weighted by Gasteiger charge is -2.39. The Balaban J connectivity index is 1.98.